The fraction of sp³-hybridized carbons (Fsp3) is 0.419. The number of nitriles is 1. The Balaban J connectivity index is 0.876. The summed E-state index contributed by atoms with van der Waals surface area (Å²) in [5, 5.41) is 12.7. The summed E-state index contributed by atoms with van der Waals surface area (Å²) in [6.07, 6.45) is 6.83. The average Bonchev–Trinajstić information content (AvgIpc) is 3.70. The Morgan fingerprint density at radius 3 is 2.48 bits per heavy atom. The number of nitrogens with zero attached hydrogens (tertiary/aromatic N) is 3. The van der Waals surface area contributed by atoms with E-state index in [9.17, 15) is 24.4 Å². The van der Waals surface area contributed by atoms with Gasteiger partial charge in [-0.3, -0.25) is 24.5 Å². The molecule has 9 nitrogen and oxygen atoms in total. The minimum atomic E-state index is -0.588. The summed E-state index contributed by atoms with van der Waals surface area (Å²) in [6.45, 7) is 10.1. The number of hydrogen-bond acceptors (Lipinski definition) is 6. The third-order valence-electron chi connectivity index (χ3n) is 12.2. The van der Waals surface area contributed by atoms with E-state index in [1.807, 2.05) is 18.2 Å². The van der Waals surface area contributed by atoms with Crippen molar-refractivity contribution >= 4 is 34.4 Å². The first-order valence-corrected chi connectivity index (χ1v) is 18.8. The van der Waals surface area contributed by atoms with Crippen LogP contribution < -0.4 is 5.32 Å². The molecule has 3 aliphatic heterocycles. The number of benzene rings is 3. The third kappa shape index (κ3) is 5.74. The second-order valence-electron chi connectivity index (χ2n) is 15.6. The van der Waals surface area contributed by atoms with Gasteiger partial charge in [0, 0.05) is 46.1 Å². The number of aromatic nitrogens is 1. The van der Waals surface area contributed by atoms with Crippen LogP contribution in [0.4, 0.5) is 0 Å². The molecule has 2 N–H and O–H groups in total. The molecule has 8 rings (SSSR count). The lowest BCUT2D eigenvalue weighted by molar-refractivity contribution is -0.136. The number of carbonyl (C=O) groups is 4. The van der Waals surface area contributed by atoms with Crippen LogP contribution in [0.15, 0.2) is 48.5 Å². The predicted molar refractivity (Wildman–Crippen MR) is 198 cm³/mol. The molecule has 1 unspecified atom stereocenters. The van der Waals surface area contributed by atoms with E-state index < -0.39 is 6.04 Å². The first-order valence-electron chi connectivity index (χ1n) is 18.8. The highest BCUT2D eigenvalue weighted by Gasteiger charge is 2.41. The molecule has 4 aromatic rings. The molecule has 0 bridgehead atoms. The Labute approximate surface area is 304 Å². The molecule has 2 fully saturated rings. The summed E-state index contributed by atoms with van der Waals surface area (Å²) in [5.74, 6) is -0.260. The van der Waals surface area contributed by atoms with Gasteiger partial charge in [-0.05, 0) is 123 Å². The van der Waals surface area contributed by atoms with Gasteiger partial charge in [-0.1, -0.05) is 45.0 Å². The number of likely N-dealkylation sites (tertiary alicyclic amines) is 1. The maximum Gasteiger partial charge on any atom is 0.255 e. The smallest absolute Gasteiger partial charge is 0.255 e. The van der Waals surface area contributed by atoms with Gasteiger partial charge in [-0.25, -0.2) is 0 Å². The van der Waals surface area contributed by atoms with Gasteiger partial charge < -0.3 is 14.8 Å². The molecule has 4 aliphatic rings. The van der Waals surface area contributed by atoms with Crippen LogP contribution in [0.5, 0.6) is 0 Å². The minimum absolute atomic E-state index is 0.0625. The fourth-order valence-corrected chi connectivity index (χ4v) is 9.19. The number of aromatic amines is 1. The largest absolute Gasteiger partial charge is 0.357 e. The Morgan fingerprint density at radius 2 is 1.73 bits per heavy atom. The molecule has 9 heteroatoms. The summed E-state index contributed by atoms with van der Waals surface area (Å²) in [7, 11) is 0. The number of unbranched alkanes of at least 4 members (excludes halogenated alkanes) is 1. The molecule has 4 heterocycles. The van der Waals surface area contributed by atoms with Gasteiger partial charge in [0.05, 0.1) is 17.2 Å². The van der Waals surface area contributed by atoms with Crippen molar-refractivity contribution in [2.45, 2.75) is 96.1 Å². The third-order valence-corrected chi connectivity index (χ3v) is 12.2. The first kappa shape index (κ1) is 34.0. The van der Waals surface area contributed by atoms with E-state index in [1.165, 1.54) is 16.7 Å². The van der Waals surface area contributed by atoms with E-state index in [4.69, 9.17) is 0 Å². The van der Waals surface area contributed by atoms with Crippen LogP contribution in [0.1, 0.15) is 131 Å². The van der Waals surface area contributed by atoms with E-state index in [0.29, 0.717) is 30.0 Å². The number of imide groups is 1. The Hall–Kier alpha value is -5.07. The number of ketones is 1. The van der Waals surface area contributed by atoms with E-state index in [2.05, 4.69) is 66.3 Å². The number of carbonyl (C=O) groups excluding carboxylic acids is 4. The molecule has 1 aliphatic carbocycles. The normalized spacial score (nSPS) is 20.1. The molecular weight excluding hydrogens is 651 g/mol. The molecule has 52 heavy (non-hydrogen) atoms. The molecule has 1 atom stereocenters. The molecule has 2 saturated heterocycles. The van der Waals surface area contributed by atoms with Crippen molar-refractivity contribution in [2.75, 3.05) is 19.6 Å². The molecule has 3 aromatic carbocycles. The zero-order valence-corrected chi connectivity index (χ0v) is 30.2. The first-order chi connectivity index (χ1) is 25.1. The van der Waals surface area contributed by atoms with E-state index in [-0.39, 0.29) is 35.3 Å². The molecule has 1 aromatic heterocycles. The van der Waals surface area contributed by atoms with Gasteiger partial charge in [0.1, 0.15) is 6.04 Å². The van der Waals surface area contributed by atoms with Gasteiger partial charge in [0.25, 0.3) is 5.91 Å². The number of nitrogens with one attached hydrogen (secondary N) is 2. The van der Waals surface area contributed by atoms with E-state index in [1.54, 1.807) is 11.0 Å². The summed E-state index contributed by atoms with van der Waals surface area (Å²) in [5.41, 5.74) is 10.1. The van der Waals surface area contributed by atoms with Crippen molar-refractivity contribution in [2.24, 2.45) is 0 Å². The molecule has 3 amide bonds. The summed E-state index contributed by atoms with van der Waals surface area (Å²) in [4.78, 5) is 58.9. The van der Waals surface area contributed by atoms with E-state index in [0.717, 1.165) is 97.0 Å². The molecule has 266 valence electrons. The van der Waals surface area contributed by atoms with Crippen LogP contribution in [0, 0.1) is 11.3 Å². The van der Waals surface area contributed by atoms with Gasteiger partial charge in [-0.2, -0.15) is 5.26 Å². The SMILES string of the molecule is CCc1cc2c(cc1CCCCN1CCC(c3ccc4c(c3)CN(C3CCC(=O)NC3=O)C4=O)CC1)C(C)(C)c1[nH]c3cc(C#N)ccc3c1C2=O. The number of amides is 3. The lowest BCUT2D eigenvalue weighted by Gasteiger charge is -2.33. The van der Waals surface area contributed by atoms with Gasteiger partial charge >= 0.3 is 0 Å². The molecule has 0 spiro atoms. The molecule has 0 saturated carbocycles. The van der Waals surface area contributed by atoms with Crippen LogP contribution in [0.2, 0.25) is 0 Å². The quantitative estimate of drug-likeness (QED) is 0.162. The average molecular weight is 696 g/mol. The second-order valence-corrected chi connectivity index (χ2v) is 15.6. The Morgan fingerprint density at radius 1 is 0.923 bits per heavy atom. The number of H-pyrrole nitrogens is 1. The van der Waals surface area contributed by atoms with Gasteiger partial charge in [-0.15, -0.1) is 0 Å². The van der Waals surface area contributed by atoms with Gasteiger partial charge in [0.15, 0.2) is 5.78 Å². The van der Waals surface area contributed by atoms with Crippen LogP contribution in [0.3, 0.4) is 0 Å². The summed E-state index contributed by atoms with van der Waals surface area (Å²) >= 11 is 0. The number of aryl methyl sites for hydroxylation is 2. The highest BCUT2D eigenvalue weighted by Crippen LogP contribution is 2.45. The predicted octanol–water partition coefficient (Wildman–Crippen LogP) is 6.44. The van der Waals surface area contributed by atoms with E-state index >= 15 is 0 Å². The summed E-state index contributed by atoms with van der Waals surface area (Å²) < 4.78 is 0. The zero-order valence-electron chi connectivity index (χ0n) is 30.2. The zero-order chi connectivity index (χ0) is 36.3. The highest BCUT2D eigenvalue weighted by atomic mass is 16.2. The van der Waals surface area contributed by atoms with Crippen molar-refractivity contribution in [1.82, 2.24) is 20.1 Å². The van der Waals surface area contributed by atoms with Crippen molar-refractivity contribution in [3.8, 4) is 6.07 Å². The van der Waals surface area contributed by atoms with Crippen LogP contribution >= 0.6 is 0 Å². The standard InChI is InChI=1S/C43H45N5O4/c1-4-26-21-33-34(43(2,3)40-38(39(33)50)32-10-8-25(23-44)19-35(32)45-40)22-28(26)7-5-6-16-47-17-14-27(15-18-47)29-9-11-31-30(20-29)24-48(42(31)52)36-12-13-37(49)46-41(36)51/h8-11,19-22,27,36,45H,4-7,12-18,24H2,1-3H3,(H,46,49,51). The maximum absolute atomic E-state index is 14.0. The second kappa shape index (κ2) is 13.2. The Kier molecular flexibility index (Phi) is 8.62. The van der Waals surface area contributed by atoms with Crippen molar-refractivity contribution < 1.29 is 19.2 Å². The fourth-order valence-electron chi connectivity index (χ4n) is 9.19. The number of piperidine rings is 2. The summed E-state index contributed by atoms with van der Waals surface area (Å²) in [6, 6.07) is 17.8. The monoisotopic (exact) mass is 695 g/mol. The van der Waals surface area contributed by atoms with Crippen LogP contribution in [0.25, 0.3) is 10.9 Å². The van der Waals surface area contributed by atoms with Crippen molar-refractivity contribution in [1.29, 1.82) is 5.26 Å². The number of hydrogen-bond donors (Lipinski definition) is 2. The minimum Gasteiger partial charge on any atom is -0.357 e. The Bertz CT molecular complexity index is 2200. The lowest BCUT2D eigenvalue weighted by atomic mass is 9.70. The number of rotatable bonds is 8. The lowest BCUT2D eigenvalue weighted by Crippen LogP contribution is -2.52. The number of fused-ring (bicyclic) bond motifs is 5. The molecule has 0 radical (unpaired) electrons. The molecular formula is C43H45N5O4. The van der Waals surface area contributed by atoms with Crippen LogP contribution in [-0.4, -0.2) is 64.0 Å². The maximum atomic E-state index is 14.0. The van der Waals surface area contributed by atoms with Crippen molar-refractivity contribution in [3.05, 3.63) is 104 Å². The van der Waals surface area contributed by atoms with Crippen LogP contribution in [-0.2, 0) is 34.4 Å². The van der Waals surface area contributed by atoms with Gasteiger partial charge in [0.2, 0.25) is 11.8 Å². The van der Waals surface area contributed by atoms with Crippen molar-refractivity contribution in [3.63, 3.8) is 0 Å². The topological polar surface area (TPSA) is 126 Å². The highest BCUT2D eigenvalue weighted by molar-refractivity contribution is 6.20.